The van der Waals surface area contributed by atoms with E-state index in [2.05, 4.69) is 10.3 Å². The molecule has 1 heterocycles. The third-order valence-electron chi connectivity index (χ3n) is 3.22. The Balaban J connectivity index is 2.96. The summed E-state index contributed by atoms with van der Waals surface area (Å²) in [6.07, 6.45) is -0.497. The second-order valence-corrected chi connectivity index (χ2v) is 7.29. The molecule has 5 nitrogen and oxygen atoms in total. The van der Waals surface area contributed by atoms with Gasteiger partial charge >= 0.3 is 6.09 Å². The Kier molecular flexibility index (Phi) is 6.07. The maximum Gasteiger partial charge on any atom is 0.407 e. The van der Waals surface area contributed by atoms with Gasteiger partial charge in [-0.2, -0.15) is 0 Å². The molecule has 1 aromatic rings. The first kappa shape index (κ1) is 19.0. The number of nitrogens with two attached hydrogens (primary N) is 1. The third-order valence-corrected chi connectivity index (χ3v) is 3.68. The lowest BCUT2D eigenvalue weighted by atomic mass is 9.81. The van der Waals surface area contributed by atoms with Gasteiger partial charge < -0.3 is 15.8 Å². The summed E-state index contributed by atoms with van der Waals surface area (Å²) < 4.78 is 5.23. The Bertz CT molecular complexity index is 535. The highest BCUT2D eigenvalue weighted by Crippen LogP contribution is 2.32. The van der Waals surface area contributed by atoms with Crippen LogP contribution in [-0.2, 0) is 10.2 Å². The molecule has 0 saturated heterocycles. The lowest BCUT2D eigenvalue weighted by Crippen LogP contribution is -2.45. The van der Waals surface area contributed by atoms with Crippen molar-refractivity contribution >= 4 is 29.3 Å². The lowest BCUT2D eigenvalue weighted by Gasteiger charge is -2.31. The molecule has 1 rings (SSSR count). The summed E-state index contributed by atoms with van der Waals surface area (Å²) in [6, 6.07) is 1.73. The van der Waals surface area contributed by atoms with Gasteiger partial charge in [0.2, 0.25) is 0 Å². The highest BCUT2D eigenvalue weighted by atomic mass is 35.5. The van der Waals surface area contributed by atoms with Gasteiger partial charge in [-0.25, -0.2) is 9.78 Å². The molecule has 22 heavy (non-hydrogen) atoms. The number of aromatic nitrogens is 1. The first-order valence-electron chi connectivity index (χ1n) is 6.98. The Morgan fingerprint density at radius 1 is 1.36 bits per heavy atom. The van der Waals surface area contributed by atoms with Gasteiger partial charge in [-0.3, -0.25) is 0 Å². The first-order chi connectivity index (χ1) is 9.98. The van der Waals surface area contributed by atoms with Crippen molar-refractivity contribution in [1.29, 1.82) is 0 Å². The van der Waals surface area contributed by atoms with E-state index in [1.807, 2.05) is 13.8 Å². The zero-order chi connectivity index (χ0) is 17.1. The van der Waals surface area contributed by atoms with Crippen molar-refractivity contribution in [2.75, 3.05) is 13.1 Å². The Labute approximate surface area is 141 Å². The maximum atomic E-state index is 11.8. The molecule has 124 valence electrons. The molecule has 0 saturated carbocycles. The Hall–Kier alpha value is -1.04. The summed E-state index contributed by atoms with van der Waals surface area (Å²) in [5, 5.41) is 3.36. The summed E-state index contributed by atoms with van der Waals surface area (Å²) >= 11 is 12.1. The number of carbonyl (C=O) groups is 1. The number of hydrogen-bond donors (Lipinski definition) is 2. The van der Waals surface area contributed by atoms with E-state index < -0.39 is 17.1 Å². The number of nitrogens with one attached hydrogen (secondary N) is 1. The SMILES string of the molecule is Cc1cc(Cl)nc(Cl)c1C(C)(CN)CNC(=O)OC(C)(C)C. The zero-order valence-electron chi connectivity index (χ0n) is 13.6. The van der Waals surface area contributed by atoms with E-state index in [-0.39, 0.29) is 13.1 Å². The standard InChI is InChI=1S/C15H23Cl2N3O2/c1-9-6-10(16)20-12(17)11(9)15(5,7-18)8-19-13(21)22-14(2,3)4/h6H,7-8,18H2,1-5H3,(H,19,21). The molecule has 0 radical (unpaired) electrons. The molecule has 0 aliphatic rings. The van der Waals surface area contributed by atoms with Crippen molar-refractivity contribution < 1.29 is 9.53 Å². The lowest BCUT2D eigenvalue weighted by molar-refractivity contribution is 0.0516. The number of carbonyl (C=O) groups excluding carboxylic acids is 1. The third kappa shape index (κ3) is 5.00. The normalized spacial score (nSPS) is 14.4. The Morgan fingerprint density at radius 2 is 1.95 bits per heavy atom. The minimum Gasteiger partial charge on any atom is -0.444 e. The van der Waals surface area contributed by atoms with Crippen molar-refractivity contribution in [2.24, 2.45) is 5.73 Å². The summed E-state index contributed by atoms with van der Waals surface area (Å²) in [4.78, 5) is 15.9. The number of pyridine rings is 1. The topological polar surface area (TPSA) is 77.2 Å². The van der Waals surface area contributed by atoms with E-state index >= 15 is 0 Å². The number of amides is 1. The van der Waals surface area contributed by atoms with Crippen LogP contribution in [0, 0.1) is 6.92 Å². The van der Waals surface area contributed by atoms with Crippen LogP contribution in [0.4, 0.5) is 4.79 Å². The van der Waals surface area contributed by atoms with Gasteiger partial charge in [0.05, 0.1) is 0 Å². The maximum absolute atomic E-state index is 11.8. The molecule has 0 bridgehead atoms. The molecule has 1 atom stereocenters. The fourth-order valence-corrected chi connectivity index (χ4v) is 2.92. The highest BCUT2D eigenvalue weighted by Gasteiger charge is 2.31. The van der Waals surface area contributed by atoms with Gasteiger partial charge in [0, 0.05) is 24.1 Å². The van der Waals surface area contributed by atoms with E-state index in [1.165, 1.54) is 0 Å². The quantitative estimate of drug-likeness (QED) is 0.817. The molecular weight excluding hydrogens is 325 g/mol. The monoisotopic (exact) mass is 347 g/mol. The molecular formula is C15H23Cl2N3O2. The zero-order valence-corrected chi connectivity index (χ0v) is 15.1. The number of ether oxygens (including phenoxy) is 1. The molecule has 1 unspecified atom stereocenters. The molecule has 3 N–H and O–H groups in total. The summed E-state index contributed by atoms with van der Waals surface area (Å²) in [5.74, 6) is 0. The van der Waals surface area contributed by atoms with Crippen molar-refractivity contribution in [3.05, 3.63) is 27.5 Å². The highest BCUT2D eigenvalue weighted by molar-refractivity contribution is 6.33. The molecule has 0 spiro atoms. The second kappa shape index (κ2) is 7.02. The van der Waals surface area contributed by atoms with Gasteiger partial charge in [-0.05, 0) is 39.3 Å². The number of hydrogen-bond acceptors (Lipinski definition) is 4. The molecule has 0 aromatic carbocycles. The summed E-state index contributed by atoms with van der Waals surface area (Å²) in [5.41, 5.74) is 6.44. The number of halogens is 2. The average molecular weight is 348 g/mol. The van der Waals surface area contributed by atoms with E-state index in [9.17, 15) is 4.79 Å². The van der Waals surface area contributed by atoms with E-state index in [1.54, 1.807) is 26.8 Å². The van der Waals surface area contributed by atoms with Crippen LogP contribution in [0.3, 0.4) is 0 Å². The van der Waals surface area contributed by atoms with Gasteiger partial charge in [0.1, 0.15) is 15.9 Å². The van der Waals surface area contributed by atoms with Crippen molar-refractivity contribution in [1.82, 2.24) is 10.3 Å². The minimum absolute atomic E-state index is 0.280. The smallest absolute Gasteiger partial charge is 0.407 e. The van der Waals surface area contributed by atoms with Crippen LogP contribution >= 0.6 is 23.2 Å². The van der Waals surface area contributed by atoms with Crippen LogP contribution < -0.4 is 11.1 Å². The predicted octanol–water partition coefficient (Wildman–Crippen LogP) is 3.44. The Morgan fingerprint density at radius 3 is 2.41 bits per heavy atom. The molecule has 1 aromatic heterocycles. The molecule has 0 aliphatic heterocycles. The number of aryl methyl sites for hydroxylation is 1. The number of rotatable bonds is 4. The van der Waals surface area contributed by atoms with Crippen molar-refractivity contribution in [3.8, 4) is 0 Å². The van der Waals surface area contributed by atoms with Crippen LogP contribution in [0.25, 0.3) is 0 Å². The fourth-order valence-electron chi connectivity index (χ4n) is 2.16. The number of nitrogens with zero attached hydrogens (tertiary/aromatic N) is 1. The predicted molar refractivity (Wildman–Crippen MR) is 89.6 cm³/mol. The van der Waals surface area contributed by atoms with Gasteiger partial charge in [-0.15, -0.1) is 0 Å². The summed E-state index contributed by atoms with van der Waals surface area (Å²) in [6.45, 7) is 9.77. The van der Waals surface area contributed by atoms with Crippen molar-refractivity contribution in [3.63, 3.8) is 0 Å². The largest absolute Gasteiger partial charge is 0.444 e. The van der Waals surface area contributed by atoms with Crippen LogP contribution in [0.5, 0.6) is 0 Å². The minimum atomic E-state index is -0.574. The van der Waals surface area contributed by atoms with Gasteiger partial charge in [-0.1, -0.05) is 30.1 Å². The first-order valence-corrected chi connectivity index (χ1v) is 7.74. The average Bonchev–Trinajstić information content (AvgIpc) is 2.33. The van der Waals surface area contributed by atoms with Gasteiger partial charge in [0.25, 0.3) is 0 Å². The number of alkyl carbamates (subject to hydrolysis) is 1. The molecule has 7 heteroatoms. The van der Waals surface area contributed by atoms with Crippen LogP contribution in [0.2, 0.25) is 10.3 Å². The van der Waals surface area contributed by atoms with E-state index in [4.69, 9.17) is 33.7 Å². The fraction of sp³-hybridized carbons (Fsp3) is 0.600. The van der Waals surface area contributed by atoms with Crippen molar-refractivity contribution in [2.45, 2.75) is 45.6 Å². The van der Waals surface area contributed by atoms with Crippen LogP contribution in [0.1, 0.15) is 38.8 Å². The van der Waals surface area contributed by atoms with E-state index in [0.29, 0.717) is 10.3 Å². The van der Waals surface area contributed by atoms with Crippen LogP contribution in [0.15, 0.2) is 6.07 Å². The second-order valence-electron chi connectivity index (χ2n) is 6.55. The van der Waals surface area contributed by atoms with E-state index in [0.717, 1.165) is 11.1 Å². The molecule has 1 amide bonds. The van der Waals surface area contributed by atoms with Gasteiger partial charge in [0.15, 0.2) is 0 Å². The molecule has 0 fully saturated rings. The van der Waals surface area contributed by atoms with Crippen LogP contribution in [-0.4, -0.2) is 29.8 Å². The summed E-state index contributed by atoms with van der Waals surface area (Å²) in [7, 11) is 0. The molecule has 0 aliphatic carbocycles.